The van der Waals surface area contributed by atoms with Crippen LogP contribution >= 0.6 is 22.6 Å². The summed E-state index contributed by atoms with van der Waals surface area (Å²) in [7, 11) is 0. The molecule has 0 fully saturated rings. The van der Waals surface area contributed by atoms with E-state index in [1.807, 2.05) is 0 Å². The highest BCUT2D eigenvalue weighted by molar-refractivity contribution is 14.1. The van der Waals surface area contributed by atoms with Gasteiger partial charge in [-0.15, -0.1) is 0 Å². The van der Waals surface area contributed by atoms with Crippen LogP contribution in [0.25, 0.3) is 0 Å². The molecule has 0 aromatic rings. The fourth-order valence-corrected chi connectivity index (χ4v) is 0.393. The van der Waals surface area contributed by atoms with Crippen molar-refractivity contribution >= 4 is 22.6 Å². The molecule has 0 saturated carbocycles. The Morgan fingerprint density at radius 1 is 1.56 bits per heavy atom. The zero-order valence-corrected chi connectivity index (χ0v) is 6.40. The first-order chi connectivity index (χ1) is 3.98. The minimum absolute atomic E-state index is 0.572. The standard InChI is InChI=1S/C4H4F3IO/c5-4(6,7)3(8)1-2-9/h1,9H,2H2. The van der Waals surface area contributed by atoms with E-state index in [0.717, 1.165) is 22.6 Å². The number of aliphatic hydroxyl groups excluding tert-OH is 1. The van der Waals surface area contributed by atoms with E-state index in [4.69, 9.17) is 5.11 Å². The molecule has 0 aliphatic heterocycles. The Labute approximate surface area is 63.7 Å². The van der Waals surface area contributed by atoms with Gasteiger partial charge in [0.2, 0.25) is 0 Å². The van der Waals surface area contributed by atoms with Crippen LogP contribution in [0.3, 0.4) is 0 Å². The van der Waals surface area contributed by atoms with Gasteiger partial charge in [0.15, 0.2) is 0 Å². The maximum atomic E-state index is 11.4. The molecule has 0 spiro atoms. The lowest BCUT2D eigenvalue weighted by atomic mass is 10.5. The Hall–Kier alpha value is 0.220. The molecule has 1 nitrogen and oxygen atoms in total. The molecule has 0 unspecified atom stereocenters. The molecule has 0 aromatic carbocycles. The van der Waals surface area contributed by atoms with Gasteiger partial charge in [0.05, 0.1) is 10.2 Å². The predicted octanol–water partition coefficient (Wildman–Crippen LogP) is 1.86. The first-order valence-electron chi connectivity index (χ1n) is 2.02. The molecular weight excluding hydrogens is 248 g/mol. The van der Waals surface area contributed by atoms with Crippen LogP contribution in [0.15, 0.2) is 9.66 Å². The molecule has 0 atom stereocenters. The summed E-state index contributed by atoms with van der Waals surface area (Å²) in [5.74, 6) is 0. The normalized spacial score (nSPS) is 14.1. The second kappa shape index (κ2) is 3.40. The summed E-state index contributed by atoms with van der Waals surface area (Å²) in [5.41, 5.74) is 0. The molecule has 54 valence electrons. The summed E-state index contributed by atoms with van der Waals surface area (Å²) in [4.78, 5) is 0. The fraction of sp³-hybridized carbons (Fsp3) is 0.500. The van der Waals surface area contributed by atoms with Crippen molar-refractivity contribution in [3.8, 4) is 0 Å². The van der Waals surface area contributed by atoms with E-state index < -0.39 is 16.4 Å². The van der Waals surface area contributed by atoms with Gasteiger partial charge in [0.1, 0.15) is 0 Å². The van der Waals surface area contributed by atoms with E-state index in [0.29, 0.717) is 6.08 Å². The Morgan fingerprint density at radius 2 is 2.00 bits per heavy atom. The quantitative estimate of drug-likeness (QED) is 0.706. The van der Waals surface area contributed by atoms with Crippen molar-refractivity contribution in [1.29, 1.82) is 0 Å². The number of hydrogen-bond donors (Lipinski definition) is 1. The van der Waals surface area contributed by atoms with Gasteiger partial charge in [0.25, 0.3) is 0 Å². The highest BCUT2D eigenvalue weighted by atomic mass is 127. The first kappa shape index (κ1) is 9.22. The molecule has 0 rings (SSSR count). The number of allylic oxidation sites excluding steroid dienone is 1. The molecule has 1 N–H and O–H groups in total. The monoisotopic (exact) mass is 252 g/mol. The summed E-state index contributed by atoms with van der Waals surface area (Å²) in [6.45, 7) is -0.572. The van der Waals surface area contributed by atoms with Gasteiger partial charge < -0.3 is 5.11 Å². The molecular formula is C4H4F3IO. The van der Waals surface area contributed by atoms with Crippen molar-refractivity contribution in [2.24, 2.45) is 0 Å². The van der Waals surface area contributed by atoms with Gasteiger partial charge in [0, 0.05) is 0 Å². The lowest BCUT2D eigenvalue weighted by Crippen LogP contribution is -2.06. The summed E-state index contributed by atoms with van der Waals surface area (Å²) in [6, 6.07) is 0. The Balaban J connectivity index is 4.03. The van der Waals surface area contributed by atoms with Gasteiger partial charge in [-0.2, -0.15) is 13.2 Å². The molecule has 0 aliphatic rings. The molecule has 0 radical (unpaired) electrons. The lowest BCUT2D eigenvalue weighted by Gasteiger charge is -2.02. The van der Waals surface area contributed by atoms with Crippen LogP contribution in [0.2, 0.25) is 0 Å². The van der Waals surface area contributed by atoms with Crippen molar-refractivity contribution in [3.63, 3.8) is 0 Å². The third kappa shape index (κ3) is 3.74. The molecule has 9 heavy (non-hydrogen) atoms. The van der Waals surface area contributed by atoms with Crippen molar-refractivity contribution in [2.45, 2.75) is 6.18 Å². The highest BCUT2D eigenvalue weighted by Crippen LogP contribution is 2.29. The molecule has 0 saturated heterocycles. The van der Waals surface area contributed by atoms with Crippen LogP contribution in [0, 0.1) is 0 Å². The van der Waals surface area contributed by atoms with E-state index in [1.165, 1.54) is 0 Å². The summed E-state index contributed by atoms with van der Waals surface area (Å²) >= 11 is 1.12. The van der Waals surface area contributed by atoms with Crippen LogP contribution in [0.1, 0.15) is 0 Å². The first-order valence-corrected chi connectivity index (χ1v) is 3.10. The van der Waals surface area contributed by atoms with Crippen LogP contribution < -0.4 is 0 Å². The number of halogens is 4. The van der Waals surface area contributed by atoms with E-state index in [9.17, 15) is 13.2 Å². The third-order valence-electron chi connectivity index (χ3n) is 0.541. The lowest BCUT2D eigenvalue weighted by molar-refractivity contribution is -0.0821. The summed E-state index contributed by atoms with van der Waals surface area (Å²) in [6.07, 6.45) is -3.59. The number of aliphatic hydroxyl groups is 1. The largest absolute Gasteiger partial charge is 0.421 e. The van der Waals surface area contributed by atoms with Gasteiger partial charge in [-0.1, -0.05) is 0 Å². The van der Waals surface area contributed by atoms with Crippen LogP contribution in [0.4, 0.5) is 13.2 Å². The van der Waals surface area contributed by atoms with Gasteiger partial charge in [-0.3, -0.25) is 0 Å². The average Bonchev–Trinajstić information content (AvgIpc) is 1.64. The predicted molar refractivity (Wildman–Crippen MR) is 35.2 cm³/mol. The Kier molecular flexibility index (Phi) is 3.49. The molecule has 0 amide bonds. The topological polar surface area (TPSA) is 20.2 Å². The van der Waals surface area contributed by atoms with E-state index in [2.05, 4.69) is 0 Å². The minimum atomic E-state index is -4.30. The molecule has 5 heteroatoms. The number of alkyl halides is 3. The van der Waals surface area contributed by atoms with Crippen molar-refractivity contribution in [1.82, 2.24) is 0 Å². The highest BCUT2D eigenvalue weighted by Gasteiger charge is 2.30. The van der Waals surface area contributed by atoms with Gasteiger partial charge in [-0.05, 0) is 28.7 Å². The molecule has 0 aromatic heterocycles. The van der Waals surface area contributed by atoms with Crippen LogP contribution in [-0.2, 0) is 0 Å². The number of hydrogen-bond acceptors (Lipinski definition) is 1. The third-order valence-corrected chi connectivity index (χ3v) is 1.59. The molecule has 0 aliphatic carbocycles. The maximum absolute atomic E-state index is 11.4. The Bertz CT molecular complexity index is 117. The second-order valence-corrected chi connectivity index (χ2v) is 2.39. The molecule has 0 heterocycles. The minimum Gasteiger partial charge on any atom is -0.392 e. The zero-order chi connectivity index (χ0) is 7.49. The number of rotatable bonds is 1. The van der Waals surface area contributed by atoms with Crippen molar-refractivity contribution in [3.05, 3.63) is 9.66 Å². The average molecular weight is 252 g/mol. The summed E-state index contributed by atoms with van der Waals surface area (Å²) < 4.78 is 33.6. The fourth-order valence-electron chi connectivity index (χ4n) is 0.196. The van der Waals surface area contributed by atoms with E-state index in [-0.39, 0.29) is 0 Å². The SMILES string of the molecule is OCC=C(I)C(F)(F)F. The van der Waals surface area contributed by atoms with Gasteiger partial charge in [-0.25, -0.2) is 0 Å². The molecule has 0 bridgehead atoms. The zero-order valence-electron chi connectivity index (χ0n) is 4.24. The van der Waals surface area contributed by atoms with E-state index in [1.54, 1.807) is 0 Å². The second-order valence-electron chi connectivity index (χ2n) is 1.23. The van der Waals surface area contributed by atoms with Gasteiger partial charge >= 0.3 is 6.18 Å². The Morgan fingerprint density at radius 3 is 2.11 bits per heavy atom. The van der Waals surface area contributed by atoms with Crippen molar-refractivity contribution in [2.75, 3.05) is 6.61 Å². The smallest absolute Gasteiger partial charge is 0.392 e. The van der Waals surface area contributed by atoms with E-state index >= 15 is 0 Å². The summed E-state index contributed by atoms with van der Waals surface area (Å²) in [5, 5.41) is 8.02. The van der Waals surface area contributed by atoms with Crippen molar-refractivity contribution < 1.29 is 18.3 Å². The van der Waals surface area contributed by atoms with Crippen LogP contribution in [-0.4, -0.2) is 17.9 Å². The van der Waals surface area contributed by atoms with Crippen LogP contribution in [0.5, 0.6) is 0 Å². The maximum Gasteiger partial charge on any atom is 0.421 e.